The zero-order chi connectivity index (χ0) is 24.2. The summed E-state index contributed by atoms with van der Waals surface area (Å²) in [5, 5.41) is 2.68. The first-order valence-corrected chi connectivity index (χ1v) is 16.5. The largest absolute Gasteiger partial charge is 0.318 e. The molecule has 1 aliphatic rings. The minimum absolute atomic E-state index is 0.152. The molecule has 1 aliphatic carbocycles. The SMILES string of the molecule is CC(C)[C@@H]1CC[C@@H](C)C[C@H]1[P@](=O)(CCP(=O)(c1ccccc1)c1ccccc1)c1ccccc1. The summed E-state index contributed by atoms with van der Waals surface area (Å²) in [6.07, 6.45) is 4.26. The van der Waals surface area contributed by atoms with Crippen molar-refractivity contribution in [2.75, 3.05) is 12.3 Å². The topological polar surface area (TPSA) is 34.1 Å². The third-order valence-corrected chi connectivity index (χ3v) is 15.0. The van der Waals surface area contributed by atoms with Gasteiger partial charge in [0, 0.05) is 33.9 Å². The summed E-state index contributed by atoms with van der Waals surface area (Å²) in [4.78, 5) is 0. The Kier molecular flexibility index (Phi) is 8.01. The van der Waals surface area contributed by atoms with E-state index in [2.05, 4.69) is 20.8 Å². The monoisotopic (exact) mass is 492 g/mol. The molecule has 0 amide bonds. The molecule has 4 atom stereocenters. The van der Waals surface area contributed by atoms with Gasteiger partial charge < -0.3 is 9.13 Å². The molecule has 4 heteroatoms. The van der Waals surface area contributed by atoms with E-state index >= 15 is 4.57 Å². The van der Waals surface area contributed by atoms with Crippen LogP contribution in [0.25, 0.3) is 0 Å². The Labute approximate surface area is 205 Å². The zero-order valence-electron chi connectivity index (χ0n) is 20.7. The van der Waals surface area contributed by atoms with Crippen LogP contribution in [-0.4, -0.2) is 18.0 Å². The summed E-state index contributed by atoms with van der Waals surface area (Å²) in [6.45, 7) is 6.86. The van der Waals surface area contributed by atoms with Gasteiger partial charge in [-0.05, 0) is 30.6 Å². The van der Waals surface area contributed by atoms with E-state index in [0.29, 0.717) is 30.1 Å². The fourth-order valence-electron chi connectivity index (χ4n) is 5.83. The molecule has 0 heterocycles. The van der Waals surface area contributed by atoms with Crippen LogP contribution in [0.5, 0.6) is 0 Å². The molecule has 0 bridgehead atoms. The van der Waals surface area contributed by atoms with Gasteiger partial charge in [-0.3, -0.25) is 0 Å². The Bertz CT molecular complexity index is 1100. The Morgan fingerprint density at radius 1 is 0.706 bits per heavy atom. The van der Waals surface area contributed by atoms with Crippen LogP contribution in [0, 0.1) is 17.8 Å². The van der Waals surface area contributed by atoms with Gasteiger partial charge in [-0.2, -0.15) is 0 Å². The van der Waals surface area contributed by atoms with Crippen LogP contribution in [-0.2, 0) is 9.13 Å². The van der Waals surface area contributed by atoms with Gasteiger partial charge in [-0.25, -0.2) is 0 Å². The van der Waals surface area contributed by atoms with Crippen molar-refractivity contribution in [3.8, 4) is 0 Å². The molecule has 0 aromatic heterocycles. The molecule has 34 heavy (non-hydrogen) atoms. The second-order valence-corrected chi connectivity index (χ2v) is 16.6. The second kappa shape index (κ2) is 10.8. The lowest BCUT2D eigenvalue weighted by Gasteiger charge is -2.42. The molecule has 0 aliphatic heterocycles. The molecule has 3 aromatic rings. The molecule has 180 valence electrons. The van der Waals surface area contributed by atoms with Crippen molar-refractivity contribution < 1.29 is 9.13 Å². The summed E-state index contributed by atoms with van der Waals surface area (Å²) in [7, 11) is -5.73. The van der Waals surface area contributed by atoms with E-state index in [-0.39, 0.29) is 5.66 Å². The predicted octanol–water partition coefficient (Wildman–Crippen LogP) is 7.15. The van der Waals surface area contributed by atoms with Crippen LogP contribution in [0.2, 0.25) is 0 Å². The van der Waals surface area contributed by atoms with E-state index in [4.69, 9.17) is 0 Å². The lowest BCUT2D eigenvalue weighted by atomic mass is 9.77. The lowest BCUT2D eigenvalue weighted by molar-refractivity contribution is 0.237. The fraction of sp³-hybridized carbons (Fsp3) is 0.400. The van der Waals surface area contributed by atoms with Crippen LogP contribution in [0.15, 0.2) is 91.0 Å². The van der Waals surface area contributed by atoms with Crippen LogP contribution in [0.4, 0.5) is 0 Å². The molecular weight excluding hydrogens is 454 g/mol. The van der Waals surface area contributed by atoms with Gasteiger partial charge in [0.1, 0.15) is 14.3 Å². The molecule has 0 spiro atoms. The summed E-state index contributed by atoms with van der Waals surface area (Å²) in [5.74, 6) is 1.51. The van der Waals surface area contributed by atoms with Gasteiger partial charge in [0.05, 0.1) is 0 Å². The number of hydrogen-bond acceptors (Lipinski definition) is 2. The molecule has 2 nitrogen and oxygen atoms in total. The van der Waals surface area contributed by atoms with Crippen LogP contribution >= 0.6 is 14.3 Å². The summed E-state index contributed by atoms with van der Waals surface area (Å²) >= 11 is 0. The second-order valence-electron chi connectivity index (χ2n) is 10.4. The third-order valence-electron chi connectivity index (χ3n) is 7.81. The van der Waals surface area contributed by atoms with E-state index in [1.54, 1.807) is 0 Å². The maximum Gasteiger partial charge on any atom is 0.143 e. The van der Waals surface area contributed by atoms with Gasteiger partial charge in [0.25, 0.3) is 0 Å². The first-order chi connectivity index (χ1) is 16.3. The smallest absolute Gasteiger partial charge is 0.143 e. The highest BCUT2D eigenvalue weighted by molar-refractivity contribution is 7.80. The quantitative estimate of drug-likeness (QED) is 0.313. The van der Waals surface area contributed by atoms with Crippen molar-refractivity contribution in [1.82, 2.24) is 0 Å². The molecule has 0 N–H and O–H groups in total. The minimum atomic E-state index is -2.92. The van der Waals surface area contributed by atoms with E-state index in [1.165, 1.54) is 6.42 Å². The maximum absolute atomic E-state index is 15.2. The molecule has 0 radical (unpaired) electrons. The maximum atomic E-state index is 15.2. The molecule has 1 fully saturated rings. The zero-order valence-corrected chi connectivity index (χ0v) is 22.5. The molecule has 0 saturated heterocycles. The predicted molar refractivity (Wildman–Crippen MR) is 148 cm³/mol. The molecule has 1 saturated carbocycles. The highest BCUT2D eigenvalue weighted by atomic mass is 31.2. The summed E-state index contributed by atoms with van der Waals surface area (Å²) < 4.78 is 30.0. The molecule has 3 aromatic carbocycles. The van der Waals surface area contributed by atoms with Gasteiger partial charge >= 0.3 is 0 Å². The summed E-state index contributed by atoms with van der Waals surface area (Å²) in [5.41, 5.74) is 0.152. The normalized spacial score (nSPS) is 22.9. The minimum Gasteiger partial charge on any atom is -0.318 e. The van der Waals surface area contributed by atoms with E-state index in [0.717, 1.165) is 28.8 Å². The number of benzene rings is 3. The van der Waals surface area contributed by atoms with Crippen molar-refractivity contribution in [1.29, 1.82) is 0 Å². The van der Waals surface area contributed by atoms with Crippen LogP contribution < -0.4 is 15.9 Å². The average Bonchev–Trinajstić information content (AvgIpc) is 2.88. The first-order valence-electron chi connectivity index (χ1n) is 12.7. The standard InChI is InChI=1S/C30H38O2P2/c1-24(2)29-20-19-25(3)23-30(29)34(32,28-17-11-6-12-18-28)22-21-33(31,26-13-7-4-8-14-26)27-15-9-5-10-16-27/h4-18,24-25,29-30H,19-23H2,1-3H3/t25-,29+,30-,34+/m1/s1. The molecule has 4 rings (SSSR count). The summed E-state index contributed by atoms with van der Waals surface area (Å²) in [6, 6.07) is 29.8. The van der Waals surface area contributed by atoms with Crippen molar-refractivity contribution >= 4 is 30.2 Å². The Hall–Kier alpha value is -1.88. The van der Waals surface area contributed by atoms with Crippen LogP contribution in [0.1, 0.15) is 40.0 Å². The highest BCUT2D eigenvalue weighted by Crippen LogP contribution is 2.60. The third kappa shape index (κ3) is 5.19. The van der Waals surface area contributed by atoms with E-state index in [9.17, 15) is 4.57 Å². The average molecular weight is 493 g/mol. The Morgan fingerprint density at radius 2 is 1.18 bits per heavy atom. The number of hydrogen-bond donors (Lipinski definition) is 0. The van der Waals surface area contributed by atoms with Crippen LogP contribution in [0.3, 0.4) is 0 Å². The first kappa shape index (κ1) is 25.2. The number of rotatable bonds is 8. The van der Waals surface area contributed by atoms with Gasteiger partial charge in [0.2, 0.25) is 0 Å². The van der Waals surface area contributed by atoms with Crippen molar-refractivity contribution in [2.24, 2.45) is 17.8 Å². The Balaban J connectivity index is 1.77. The molecular formula is C30H38O2P2. The van der Waals surface area contributed by atoms with Crippen molar-refractivity contribution in [2.45, 2.75) is 45.7 Å². The van der Waals surface area contributed by atoms with Gasteiger partial charge in [0.15, 0.2) is 0 Å². The highest BCUT2D eigenvalue weighted by Gasteiger charge is 2.44. The van der Waals surface area contributed by atoms with E-state index < -0.39 is 14.3 Å². The fourth-order valence-corrected chi connectivity index (χ4v) is 13.7. The lowest BCUT2D eigenvalue weighted by Crippen LogP contribution is -2.36. The van der Waals surface area contributed by atoms with Gasteiger partial charge in [-0.1, -0.05) is 118 Å². The van der Waals surface area contributed by atoms with Crippen molar-refractivity contribution in [3.63, 3.8) is 0 Å². The van der Waals surface area contributed by atoms with Crippen molar-refractivity contribution in [3.05, 3.63) is 91.0 Å². The van der Waals surface area contributed by atoms with Gasteiger partial charge in [-0.15, -0.1) is 0 Å². The van der Waals surface area contributed by atoms with E-state index in [1.807, 2.05) is 91.0 Å². The Morgan fingerprint density at radius 3 is 1.65 bits per heavy atom. The molecule has 0 unspecified atom stereocenters.